The number of carbonyl (C=O) groups excluding carboxylic acids is 2. The van der Waals surface area contributed by atoms with E-state index in [1.807, 2.05) is 39.0 Å². The van der Waals surface area contributed by atoms with Gasteiger partial charge in [0.25, 0.3) is 0 Å². The fourth-order valence-electron chi connectivity index (χ4n) is 3.62. The molecule has 1 aliphatic carbocycles. The topological polar surface area (TPSA) is 76.7 Å². The van der Waals surface area contributed by atoms with Crippen molar-refractivity contribution in [3.05, 3.63) is 23.8 Å². The zero-order valence-corrected chi connectivity index (χ0v) is 17.1. The van der Waals surface area contributed by atoms with Gasteiger partial charge in [0.2, 0.25) is 11.8 Å². The van der Waals surface area contributed by atoms with Crippen LogP contribution in [0.5, 0.6) is 11.5 Å². The van der Waals surface area contributed by atoms with Crippen LogP contribution in [0.4, 0.5) is 0 Å². The summed E-state index contributed by atoms with van der Waals surface area (Å²) in [5.74, 6) is 1.02. The predicted molar refractivity (Wildman–Crippen MR) is 105 cm³/mol. The van der Waals surface area contributed by atoms with E-state index in [0.717, 1.165) is 24.8 Å². The summed E-state index contributed by atoms with van der Waals surface area (Å²) in [4.78, 5) is 24.7. The molecule has 0 aromatic heterocycles. The van der Waals surface area contributed by atoms with Gasteiger partial charge in [0.1, 0.15) is 5.54 Å². The quantitative estimate of drug-likeness (QED) is 0.764. The molecule has 0 unspecified atom stereocenters. The van der Waals surface area contributed by atoms with Crippen molar-refractivity contribution in [2.45, 2.75) is 77.5 Å². The molecule has 1 atom stereocenters. The van der Waals surface area contributed by atoms with Crippen LogP contribution in [0, 0.1) is 0 Å². The van der Waals surface area contributed by atoms with E-state index in [2.05, 4.69) is 10.6 Å². The molecule has 6 heteroatoms. The highest BCUT2D eigenvalue weighted by molar-refractivity contribution is 5.91. The van der Waals surface area contributed by atoms with Gasteiger partial charge < -0.3 is 20.1 Å². The fourth-order valence-corrected chi connectivity index (χ4v) is 3.62. The van der Waals surface area contributed by atoms with Gasteiger partial charge in [-0.3, -0.25) is 9.59 Å². The van der Waals surface area contributed by atoms with Gasteiger partial charge in [-0.2, -0.15) is 0 Å². The lowest BCUT2D eigenvalue weighted by Crippen LogP contribution is -2.59. The molecule has 2 N–H and O–H groups in total. The SMILES string of the molecule is COc1cc([C@@H](C)NC(=O)C2(NC(C)=O)CCCCC2)ccc1OC(C)C. The van der Waals surface area contributed by atoms with Crippen LogP contribution in [-0.4, -0.2) is 30.6 Å². The van der Waals surface area contributed by atoms with Gasteiger partial charge in [0, 0.05) is 6.92 Å². The third kappa shape index (κ3) is 5.37. The van der Waals surface area contributed by atoms with Crippen LogP contribution in [0.1, 0.15) is 71.4 Å². The van der Waals surface area contributed by atoms with Gasteiger partial charge >= 0.3 is 0 Å². The number of ether oxygens (including phenoxy) is 2. The number of amides is 2. The predicted octanol–water partition coefficient (Wildman–Crippen LogP) is 3.50. The van der Waals surface area contributed by atoms with E-state index in [0.29, 0.717) is 24.3 Å². The Morgan fingerprint density at radius 2 is 1.74 bits per heavy atom. The molecular weight excluding hydrogens is 344 g/mol. The summed E-state index contributed by atoms with van der Waals surface area (Å²) in [6.07, 6.45) is 4.38. The minimum absolute atomic E-state index is 0.0469. The number of nitrogens with one attached hydrogen (secondary N) is 2. The third-order valence-corrected chi connectivity index (χ3v) is 4.96. The number of methoxy groups -OCH3 is 1. The second-order valence-electron chi connectivity index (χ2n) is 7.60. The lowest BCUT2D eigenvalue weighted by Gasteiger charge is -2.37. The molecule has 1 saturated carbocycles. The van der Waals surface area contributed by atoms with Gasteiger partial charge in [-0.05, 0) is 51.3 Å². The van der Waals surface area contributed by atoms with Crippen LogP contribution in [-0.2, 0) is 9.59 Å². The largest absolute Gasteiger partial charge is 0.493 e. The van der Waals surface area contributed by atoms with Gasteiger partial charge in [-0.15, -0.1) is 0 Å². The van der Waals surface area contributed by atoms with Crippen molar-refractivity contribution >= 4 is 11.8 Å². The second kappa shape index (κ2) is 9.11. The van der Waals surface area contributed by atoms with Crippen LogP contribution < -0.4 is 20.1 Å². The molecule has 1 aromatic carbocycles. The Balaban J connectivity index is 2.15. The first kappa shape index (κ1) is 21.1. The maximum atomic E-state index is 13.0. The highest BCUT2D eigenvalue weighted by Gasteiger charge is 2.40. The van der Waals surface area contributed by atoms with E-state index in [1.54, 1.807) is 7.11 Å². The zero-order chi connectivity index (χ0) is 20.0. The summed E-state index contributed by atoms with van der Waals surface area (Å²) in [7, 11) is 1.60. The average molecular weight is 376 g/mol. The van der Waals surface area contributed by atoms with Crippen molar-refractivity contribution in [2.24, 2.45) is 0 Å². The monoisotopic (exact) mass is 376 g/mol. The Labute approximate surface area is 162 Å². The average Bonchev–Trinajstić information content (AvgIpc) is 2.61. The molecule has 1 aromatic rings. The maximum Gasteiger partial charge on any atom is 0.246 e. The van der Waals surface area contributed by atoms with Crippen molar-refractivity contribution < 1.29 is 19.1 Å². The molecule has 150 valence electrons. The summed E-state index contributed by atoms with van der Waals surface area (Å²) < 4.78 is 11.2. The van der Waals surface area contributed by atoms with Crippen LogP contribution in [0.25, 0.3) is 0 Å². The molecule has 2 amide bonds. The first-order valence-electron chi connectivity index (χ1n) is 9.71. The molecule has 0 radical (unpaired) electrons. The normalized spacial score (nSPS) is 17.1. The summed E-state index contributed by atoms with van der Waals surface area (Å²) in [6.45, 7) is 7.31. The Kier molecular flexibility index (Phi) is 7.11. The van der Waals surface area contributed by atoms with Crippen molar-refractivity contribution in [3.63, 3.8) is 0 Å². The molecule has 1 fully saturated rings. The van der Waals surface area contributed by atoms with E-state index in [9.17, 15) is 9.59 Å². The maximum absolute atomic E-state index is 13.0. The van der Waals surface area contributed by atoms with Gasteiger partial charge in [0.15, 0.2) is 11.5 Å². The highest BCUT2D eigenvalue weighted by atomic mass is 16.5. The summed E-state index contributed by atoms with van der Waals surface area (Å²) >= 11 is 0. The van der Waals surface area contributed by atoms with Crippen molar-refractivity contribution in [3.8, 4) is 11.5 Å². The first-order chi connectivity index (χ1) is 12.8. The van der Waals surface area contributed by atoms with E-state index in [1.165, 1.54) is 6.92 Å². The first-order valence-corrected chi connectivity index (χ1v) is 9.71. The molecule has 0 aliphatic heterocycles. The van der Waals surface area contributed by atoms with E-state index < -0.39 is 5.54 Å². The van der Waals surface area contributed by atoms with Crippen molar-refractivity contribution in [1.82, 2.24) is 10.6 Å². The second-order valence-corrected chi connectivity index (χ2v) is 7.60. The van der Waals surface area contributed by atoms with Crippen LogP contribution in [0.3, 0.4) is 0 Å². The van der Waals surface area contributed by atoms with Gasteiger partial charge in [0.05, 0.1) is 19.3 Å². The minimum Gasteiger partial charge on any atom is -0.493 e. The molecule has 1 aliphatic rings. The van der Waals surface area contributed by atoms with E-state index in [4.69, 9.17) is 9.47 Å². The smallest absolute Gasteiger partial charge is 0.246 e. The van der Waals surface area contributed by atoms with E-state index >= 15 is 0 Å². The van der Waals surface area contributed by atoms with Crippen LogP contribution in [0.2, 0.25) is 0 Å². The zero-order valence-electron chi connectivity index (χ0n) is 17.1. The lowest BCUT2D eigenvalue weighted by atomic mass is 9.80. The Morgan fingerprint density at radius 3 is 2.30 bits per heavy atom. The number of hydrogen-bond donors (Lipinski definition) is 2. The molecule has 27 heavy (non-hydrogen) atoms. The summed E-state index contributed by atoms with van der Waals surface area (Å²) in [6, 6.07) is 5.46. The Hall–Kier alpha value is -2.24. The van der Waals surface area contributed by atoms with Crippen LogP contribution >= 0.6 is 0 Å². The van der Waals surface area contributed by atoms with Crippen LogP contribution in [0.15, 0.2) is 18.2 Å². The number of rotatable bonds is 7. The molecule has 0 saturated heterocycles. The highest BCUT2D eigenvalue weighted by Crippen LogP contribution is 2.32. The number of carbonyl (C=O) groups is 2. The summed E-state index contributed by atoms with van der Waals surface area (Å²) in [5.41, 5.74) is 0.119. The van der Waals surface area contributed by atoms with E-state index in [-0.39, 0.29) is 24.0 Å². The van der Waals surface area contributed by atoms with Crippen molar-refractivity contribution in [1.29, 1.82) is 0 Å². The summed E-state index contributed by atoms with van der Waals surface area (Å²) in [5, 5.41) is 5.98. The van der Waals surface area contributed by atoms with Gasteiger partial charge in [-0.1, -0.05) is 25.3 Å². The lowest BCUT2D eigenvalue weighted by molar-refractivity contribution is -0.134. The molecule has 0 bridgehead atoms. The Bertz CT molecular complexity index is 666. The van der Waals surface area contributed by atoms with Gasteiger partial charge in [-0.25, -0.2) is 0 Å². The number of benzene rings is 1. The number of hydrogen-bond acceptors (Lipinski definition) is 4. The molecular formula is C21H32N2O4. The fraction of sp³-hybridized carbons (Fsp3) is 0.619. The molecule has 6 nitrogen and oxygen atoms in total. The standard InChI is InChI=1S/C21H32N2O4/c1-14(2)27-18-10-9-17(13-19(18)26-5)15(3)22-20(25)21(23-16(4)24)11-7-6-8-12-21/h9-10,13-15H,6-8,11-12H2,1-5H3,(H,22,25)(H,23,24)/t15-/m1/s1. The minimum atomic E-state index is -0.802. The molecule has 0 spiro atoms. The molecule has 2 rings (SSSR count). The molecule has 0 heterocycles. The van der Waals surface area contributed by atoms with Crippen molar-refractivity contribution in [2.75, 3.05) is 7.11 Å². The Morgan fingerprint density at radius 1 is 1.07 bits per heavy atom. The third-order valence-electron chi connectivity index (χ3n) is 4.96.